The standard InChI is InChI=1S/C16H22N2.C10H14N2/c17-15(14-8-2-1-3-9-14)16(10-4-5-11-16)18-12-6-7-13-18;11-9-10(5-1-2-6-10)12-7-3-4-8-12/h1-3,6-9,15H,4-5,10-13,17H2;3-4H,1-2,5-8H2. The van der Waals surface area contributed by atoms with Crippen molar-refractivity contribution in [1.29, 1.82) is 5.26 Å². The third kappa shape index (κ3) is 4.12. The fraction of sp³-hybridized carbons (Fsp3) is 0.577. The van der Waals surface area contributed by atoms with Crippen LogP contribution in [0.1, 0.15) is 63.0 Å². The molecule has 0 spiro atoms. The minimum atomic E-state index is -0.108. The molecule has 0 amide bonds. The highest BCUT2D eigenvalue weighted by atomic mass is 15.2. The summed E-state index contributed by atoms with van der Waals surface area (Å²) in [5.41, 5.74) is 8.01. The molecular formula is C26H36N4. The molecular weight excluding hydrogens is 368 g/mol. The van der Waals surface area contributed by atoms with E-state index in [1.54, 1.807) is 0 Å². The van der Waals surface area contributed by atoms with Crippen molar-refractivity contribution < 1.29 is 0 Å². The fourth-order valence-electron chi connectivity index (χ4n) is 5.91. The molecule has 0 radical (unpaired) electrons. The van der Waals surface area contributed by atoms with Gasteiger partial charge in [-0.15, -0.1) is 0 Å². The van der Waals surface area contributed by atoms with Crippen molar-refractivity contribution in [1.82, 2.24) is 9.80 Å². The van der Waals surface area contributed by atoms with Crippen molar-refractivity contribution in [3.8, 4) is 6.07 Å². The van der Waals surface area contributed by atoms with E-state index in [4.69, 9.17) is 11.0 Å². The molecule has 30 heavy (non-hydrogen) atoms. The van der Waals surface area contributed by atoms with Crippen LogP contribution in [0.5, 0.6) is 0 Å². The molecule has 0 saturated heterocycles. The first-order valence-electron chi connectivity index (χ1n) is 11.7. The third-order valence-corrected chi connectivity index (χ3v) is 7.72. The van der Waals surface area contributed by atoms with E-state index in [1.807, 2.05) is 0 Å². The lowest BCUT2D eigenvalue weighted by Crippen LogP contribution is -2.52. The molecule has 1 aromatic rings. The smallest absolute Gasteiger partial charge is 0.109 e. The third-order valence-electron chi connectivity index (χ3n) is 7.72. The Bertz CT molecular complexity index is 763. The van der Waals surface area contributed by atoms with Crippen LogP contribution in [0.3, 0.4) is 0 Å². The largest absolute Gasteiger partial charge is 0.322 e. The van der Waals surface area contributed by atoms with Gasteiger partial charge in [-0.25, -0.2) is 0 Å². The quantitative estimate of drug-likeness (QED) is 0.747. The molecule has 2 N–H and O–H groups in total. The average Bonchev–Trinajstić information content (AvgIpc) is 3.61. The van der Waals surface area contributed by atoms with Gasteiger partial charge in [-0.2, -0.15) is 5.26 Å². The Balaban J connectivity index is 0.000000158. The summed E-state index contributed by atoms with van der Waals surface area (Å²) in [7, 11) is 0. The van der Waals surface area contributed by atoms with Crippen LogP contribution in [0.25, 0.3) is 0 Å². The summed E-state index contributed by atoms with van der Waals surface area (Å²) >= 11 is 0. The van der Waals surface area contributed by atoms with Gasteiger partial charge in [0.2, 0.25) is 0 Å². The van der Waals surface area contributed by atoms with E-state index in [0.29, 0.717) is 0 Å². The first-order chi connectivity index (χ1) is 14.7. The van der Waals surface area contributed by atoms with E-state index >= 15 is 0 Å². The Morgan fingerprint density at radius 3 is 1.80 bits per heavy atom. The Morgan fingerprint density at radius 2 is 1.27 bits per heavy atom. The second-order valence-corrected chi connectivity index (χ2v) is 9.30. The first-order valence-corrected chi connectivity index (χ1v) is 11.7. The second kappa shape index (κ2) is 9.47. The maximum absolute atomic E-state index is 9.16. The maximum Gasteiger partial charge on any atom is 0.109 e. The Morgan fingerprint density at radius 1 is 0.767 bits per heavy atom. The molecule has 160 valence electrons. The van der Waals surface area contributed by atoms with Crippen LogP contribution in [0.2, 0.25) is 0 Å². The zero-order valence-electron chi connectivity index (χ0n) is 18.2. The van der Waals surface area contributed by atoms with E-state index in [0.717, 1.165) is 39.0 Å². The van der Waals surface area contributed by atoms with Crippen LogP contribution in [-0.4, -0.2) is 47.1 Å². The molecule has 1 unspecified atom stereocenters. The molecule has 4 aliphatic rings. The summed E-state index contributed by atoms with van der Waals surface area (Å²) in [6.45, 7) is 4.10. The Kier molecular flexibility index (Phi) is 6.73. The first kappa shape index (κ1) is 21.3. The van der Waals surface area contributed by atoms with Gasteiger partial charge < -0.3 is 5.73 Å². The SMILES string of the molecule is N#CC1(N2CC=CC2)CCCC1.NC(c1ccccc1)C1(N2CC=CC2)CCCC1. The van der Waals surface area contributed by atoms with Crippen molar-refractivity contribution in [3.63, 3.8) is 0 Å². The summed E-state index contributed by atoms with van der Waals surface area (Å²) in [5, 5.41) is 9.16. The molecule has 5 rings (SSSR count). The number of nitriles is 1. The summed E-state index contributed by atoms with van der Waals surface area (Å²) in [6, 6.07) is 13.3. The molecule has 2 saturated carbocycles. The van der Waals surface area contributed by atoms with Gasteiger partial charge in [0, 0.05) is 37.8 Å². The molecule has 2 aliphatic heterocycles. The molecule has 0 bridgehead atoms. The predicted octanol–water partition coefficient (Wildman–Crippen LogP) is 4.57. The average molecular weight is 405 g/mol. The lowest BCUT2D eigenvalue weighted by atomic mass is 9.82. The minimum Gasteiger partial charge on any atom is -0.322 e. The van der Waals surface area contributed by atoms with E-state index in [9.17, 15) is 0 Å². The number of benzene rings is 1. The van der Waals surface area contributed by atoms with Crippen molar-refractivity contribution in [2.24, 2.45) is 5.73 Å². The van der Waals surface area contributed by atoms with Gasteiger partial charge in [-0.1, -0.05) is 80.3 Å². The zero-order chi connectivity index (χ0) is 20.9. The van der Waals surface area contributed by atoms with Crippen LogP contribution in [0, 0.1) is 11.3 Å². The predicted molar refractivity (Wildman–Crippen MR) is 123 cm³/mol. The van der Waals surface area contributed by atoms with Crippen LogP contribution in [0.4, 0.5) is 0 Å². The van der Waals surface area contributed by atoms with E-state index in [2.05, 4.69) is 70.5 Å². The van der Waals surface area contributed by atoms with Crippen molar-refractivity contribution in [2.45, 2.75) is 68.5 Å². The van der Waals surface area contributed by atoms with E-state index in [-0.39, 0.29) is 17.1 Å². The highest BCUT2D eigenvalue weighted by Gasteiger charge is 2.45. The number of hydrogen-bond acceptors (Lipinski definition) is 4. The monoisotopic (exact) mass is 404 g/mol. The summed E-state index contributed by atoms with van der Waals surface area (Å²) < 4.78 is 0. The minimum absolute atomic E-state index is 0.108. The highest BCUT2D eigenvalue weighted by molar-refractivity contribution is 5.25. The fourth-order valence-corrected chi connectivity index (χ4v) is 5.91. The number of hydrogen-bond donors (Lipinski definition) is 1. The lowest BCUT2D eigenvalue weighted by molar-refractivity contribution is 0.0981. The van der Waals surface area contributed by atoms with E-state index < -0.39 is 0 Å². The van der Waals surface area contributed by atoms with Crippen molar-refractivity contribution in [2.75, 3.05) is 26.2 Å². The zero-order valence-corrected chi connectivity index (χ0v) is 18.2. The van der Waals surface area contributed by atoms with Crippen molar-refractivity contribution >= 4 is 0 Å². The van der Waals surface area contributed by atoms with Gasteiger partial charge in [-0.3, -0.25) is 9.80 Å². The molecule has 1 atom stereocenters. The summed E-state index contributed by atoms with van der Waals surface area (Å²) in [6.07, 6.45) is 18.6. The van der Waals surface area contributed by atoms with Gasteiger partial charge in [0.15, 0.2) is 0 Å². The molecule has 2 aliphatic carbocycles. The lowest BCUT2D eigenvalue weighted by Gasteiger charge is -2.43. The van der Waals surface area contributed by atoms with Gasteiger partial charge in [0.1, 0.15) is 5.54 Å². The highest BCUT2D eigenvalue weighted by Crippen LogP contribution is 2.44. The summed E-state index contributed by atoms with van der Waals surface area (Å²) in [4.78, 5) is 4.89. The second-order valence-electron chi connectivity index (χ2n) is 9.30. The molecule has 1 aromatic carbocycles. The molecule has 0 aromatic heterocycles. The van der Waals surface area contributed by atoms with Crippen molar-refractivity contribution in [3.05, 3.63) is 60.2 Å². The van der Waals surface area contributed by atoms with E-state index in [1.165, 1.54) is 44.1 Å². The molecule has 2 heterocycles. The maximum atomic E-state index is 9.16. The van der Waals surface area contributed by atoms with Gasteiger partial charge in [-0.05, 0) is 31.2 Å². The number of nitrogens with zero attached hydrogens (tertiary/aromatic N) is 3. The van der Waals surface area contributed by atoms with Gasteiger partial charge in [0.05, 0.1) is 6.07 Å². The summed E-state index contributed by atoms with van der Waals surface area (Å²) in [5.74, 6) is 0. The number of nitrogens with two attached hydrogens (primary N) is 1. The Hall–Kier alpha value is -1.93. The van der Waals surface area contributed by atoms with Crippen LogP contribution < -0.4 is 5.73 Å². The molecule has 2 fully saturated rings. The molecule has 4 nitrogen and oxygen atoms in total. The van der Waals surface area contributed by atoms with Gasteiger partial charge in [0.25, 0.3) is 0 Å². The molecule has 4 heteroatoms. The Labute approximate surface area is 182 Å². The topological polar surface area (TPSA) is 56.3 Å². The van der Waals surface area contributed by atoms with Crippen LogP contribution >= 0.6 is 0 Å². The van der Waals surface area contributed by atoms with Crippen LogP contribution in [-0.2, 0) is 0 Å². The normalized spacial score (nSPS) is 25.7. The van der Waals surface area contributed by atoms with Gasteiger partial charge >= 0.3 is 0 Å². The van der Waals surface area contributed by atoms with Crippen LogP contribution in [0.15, 0.2) is 54.6 Å². The number of rotatable bonds is 4.